The molecule has 0 unspecified atom stereocenters. The zero-order valence-electron chi connectivity index (χ0n) is 20.3. The highest BCUT2D eigenvalue weighted by Crippen LogP contribution is 2.43. The van der Waals surface area contributed by atoms with Gasteiger partial charge in [0.2, 0.25) is 5.91 Å². The number of piperazine rings is 1. The normalized spacial score (nSPS) is 18.2. The van der Waals surface area contributed by atoms with Gasteiger partial charge in [-0.1, -0.05) is 44.0 Å². The number of carbonyl (C=O) groups is 2. The van der Waals surface area contributed by atoms with Gasteiger partial charge in [-0.15, -0.1) is 0 Å². The average Bonchev–Trinajstić information content (AvgIpc) is 3.37. The third-order valence-electron chi connectivity index (χ3n) is 7.41. The first-order valence-corrected chi connectivity index (χ1v) is 13.7. The Morgan fingerprint density at radius 3 is 2.06 bits per heavy atom. The Morgan fingerprint density at radius 2 is 1.47 bits per heavy atom. The number of amides is 2. The van der Waals surface area contributed by atoms with Crippen LogP contribution in [0.2, 0.25) is 0 Å². The lowest BCUT2D eigenvalue weighted by Gasteiger charge is -2.39. The molecule has 0 atom stereocenters. The van der Waals surface area contributed by atoms with Gasteiger partial charge in [0.1, 0.15) is 0 Å². The summed E-state index contributed by atoms with van der Waals surface area (Å²) >= 11 is 0. The molecule has 4 rings (SSSR count). The van der Waals surface area contributed by atoms with Gasteiger partial charge in [-0.3, -0.25) is 9.59 Å². The molecule has 1 saturated carbocycles. The highest BCUT2D eigenvalue weighted by atomic mass is 32.2. The van der Waals surface area contributed by atoms with Crippen molar-refractivity contribution >= 4 is 21.7 Å². The molecular formula is C27H34N2O4S. The second-order valence-corrected chi connectivity index (χ2v) is 11.8. The number of rotatable bonds is 5. The Bertz CT molecular complexity index is 1170. The van der Waals surface area contributed by atoms with E-state index in [1.807, 2.05) is 43.3 Å². The van der Waals surface area contributed by atoms with Crippen molar-refractivity contribution in [2.45, 2.75) is 62.5 Å². The topological polar surface area (TPSA) is 74.8 Å². The van der Waals surface area contributed by atoms with Crippen molar-refractivity contribution < 1.29 is 18.0 Å². The number of nitrogens with zero attached hydrogens (tertiary/aromatic N) is 2. The summed E-state index contributed by atoms with van der Waals surface area (Å²) < 4.78 is 26.4. The zero-order chi connectivity index (χ0) is 24.5. The second-order valence-electron chi connectivity index (χ2n) is 9.61. The van der Waals surface area contributed by atoms with E-state index >= 15 is 0 Å². The molecule has 6 nitrogen and oxygen atoms in total. The van der Waals surface area contributed by atoms with Crippen LogP contribution in [0, 0.1) is 13.8 Å². The summed E-state index contributed by atoms with van der Waals surface area (Å²) in [4.78, 5) is 30.4. The molecule has 1 aliphatic heterocycles. The zero-order valence-corrected chi connectivity index (χ0v) is 21.2. The summed E-state index contributed by atoms with van der Waals surface area (Å²) in [6.45, 7) is 7.23. The molecule has 2 aromatic rings. The standard InChI is InChI=1S/C27H34N2O4S/c1-4-22-9-11-23(12-10-22)25(30)28-15-17-29(18-16-28)26(31)27(13-5-6-14-27)34(32,33)24-19-20(2)7-8-21(24)3/h7-12,19H,4-6,13-18H2,1-3H3. The van der Waals surface area contributed by atoms with Crippen LogP contribution >= 0.6 is 0 Å². The maximum atomic E-state index is 13.9. The molecule has 1 aliphatic carbocycles. The van der Waals surface area contributed by atoms with Crippen molar-refractivity contribution in [2.75, 3.05) is 26.2 Å². The summed E-state index contributed by atoms with van der Waals surface area (Å²) in [5.74, 6) is -0.348. The van der Waals surface area contributed by atoms with Crippen molar-refractivity contribution in [3.8, 4) is 0 Å². The highest BCUT2D eigenvalue weighted by Gasteiger charge is 2.55. The molecule has 2 aromatic carbocycles. The van der Waals surface area contributed by atoms with Gasteiger partial charge in [0, 0.05) is 31.7 Å². The lowest BCUT2D eigenvalue weighted by molar-refractivity contribution is -0.135. The Kier molecular flexibility index (Phi) is 6.85. The van der Waals surface area contributed by atoms with E-state index < -0.39 is 14.6 Å². The minimum atomic E-state index is -3.85. The van der Waals surface area contributed by atoms with Gasteiger partial charge in [-0.2, -0.15) is 0 Å². The third kappa shape index (κ3) is 4.26. The predicted molar refractivity (Wildman–Crippen MR) is 133 cm³/mol. The van der Waals surface area contributed by atoms with E-state index in [1.165, 1.54) is 5.56 Å². The van der Waals surface area contributed by atoms with E-state index in [-0.39, 0.29) is 16.7 Å². The molecule has 182 valence electrons. The molecule has 0 aromatic heterocycles. The molecule has 34 heavy (non-hydrogen) atoms. The van der Waals surface area contributed by atoms with Crippen molar-refractivity contribution in [1.82, 2.24) is 9.80 Å². The molecule has 2 fully saturated rings. The van der Waals surface area contributed by atoms with Crippen LogP contribution in [0.4, 0.5) is 0 Å². The summed E-state index contributed by atoms with van der Waals surface area (Å²) in [5, 5.41) is 0. The number of carbonyl (C=O) groups excluding carboxylic acids is 2. The minimum Gasteiger partial charge on any atom is -0.338 e. The Morgan fingerprint density at radius 1 is 0.882 bits per heavy atom. The van der Waals surface area contributed by atoms with E-state index in [2.05, 4.69) is 6.92 Å². The van der Waals surface area contributed by atoms with Gasteiger partial charge in [0.05, 0.1) is 4.90 Å². The molecule has 0 radical (unpaired) electrons. The lowest BCUT2D eigenvalue weighted by Crippen LogP contribution is -2.58. The van der Waals surface area contributed by atoms with E-state index in [9.17, 15) is 18.0 Å². The average molecular weight is 483 g/mol. The fourth-order valence-electron chi connectivity index (χ4n) is 5.22. The number of sulfone groups is 1. The van der Waals surface area contributed by atoms with Crippen LogP contribution in [0.15, 0.2) is 47.4 Å². The van der Waals surface area contributed by atoms with Gasteiger partial charge in [0.15, 0.2) is 14.6 Å². The fraction of sp³-hybridized carbons (Fsp3) is 0.481. The lowest BCUT2D eigenvalue weighted by atomic mass is 10.0. The molecule has 0 spiro atoms. The van der Waals surface area contributed by atoms with Gasteiger partial charge < -0.3 is 9.80 Å². The van der Waals surface area contributed by atoms with Crippen LogP contribution in [0.5, 0.6) is 0 Å². The summed E-state index contributed by atoms with van der Waals surface area (Å²) in [7, 11) is -3.85. The smallest absolute Gasteiger partial charge is 0.253 e. The molecule has 1 saturated heterocycles. The number of benzene rings is 2. The largest absolute Gasteiger partial charge is 0.338 e. The highest BCUT2D eigenvalue weighted by molar-refractivity contribution is 7.93. The van der Waals surface area contributed by atoms with Crippen LogP contribution in [0.3, 0.4) is 0 Å². The van der Waals surface area contributed by atoms with Gasteiger partial charge >= 0.3 is 0 Å². The van der Waals surface area contributed by atoms with E-state index in [0.717, 1.165) is 24.8 Å². The predicted octanol–water partition coefficient (Wildman–Crippen LogP) is 3.94. The SMILES string of the molecule is CCc1ccc(C(=O)N2CCN(C(=O)C3(S(=O)(=O)c4cc(C)ccc4C)CCCC3)CC2)cc1. The van der Waals surface area contributed by atoms with Crippen LogP contribution < -0.4 is 0 Å². The maximum absolute atomic E-state index is 13.9. The van der Waals surface area contributed by atoms with Crippen LogP contribution in [0.1, 0.15) is 59.7 Å². The molecule has 0 bridgehead atoms. The third-order valence-corrected chi connectivity index (χ3v) is 10.0. The second kappa shape index (κ2) is 9.53. The first-order valence-electron chi connectivity index (χ1n) is 12.2. The number of hydrogen-bond acceptors (Lipinski definition) is 4. The van der Waals surface area contributed by atoms with Crippen molar-refractivity contribution in [3.63, 3.8) is 0 Å². The van der Waals surface area contributed by atoms with Crippen LogP contribution in [-0.2, 0) is 21.1 Å². The summed E-state index contributed by atoms with van der Waals surface area (Å²) in [6.07, 6.45) is 3.07. The number of aryl methyl sites for hydroxylation is 3. The van der Waals surface area contributed by atoms with Gasteiger partial charge in [-0.25, -0.2) is 8.42 Å². The fourth-order valence-corrected chi connectivity index (χ4v) is 7.66. The van der Waals surface area contributed by atoms with Crippen molar-refractivity contribution in [1.29, 1.82) is 0 Å². The minimum absolute atomic E-state index is 0.0478. The number of hydrogen-bond donors (Lipinski definition) is 0. The van der Waals surface area contributed by atoms with Crippen molar-refractivity contribution in [3.05, 3.63) is 64.7 Å². The van der Waals surface area contributed by atoms with Gasteiger partial charge in [-0.05, 0) is 68.0 Å². The van der Waals surface area contributed by atoms with Crippen molar-refractivity contribution in [2.24, 2.45) is 0 Å². The Hall–Kier alpha value is -2.67. The summed E-state index contributed by atoms with van der Waals surface area (Å²) in [5.41, 5.74) is 3.36. The Balaban J connectivity index is 1.52. The van der Waals surface area contributed by atoms with E-state index in [1.54, 1.807) is 22.8 Å². The molecule has 7 heteroatoms. The van der Waals surface area contributed by atoms with Crippen LogP contribution in [-0.4, -0.2) is 61.0 Å². The monoisotopic (exact) mass is 482 g/mol. The van der Waals surface area contributed by atoms with Crippen LogP contribution in [0.25, 0.3) is 0 Å². The summed E-state index contributed by atoms with van der Waals surface area (Å²) in [6, 6.07) is 13.0. The first kappa shape index (κ1) is 24.5. The maximum Gasteiger partial charge on any atom is 0.253 e. The molecule has 2 aliphatic rings. The Labute approximate surface area is 202 Å². The molecule has 1 heterocycles. The molecule has 0 N–H and O–H groups in total. The first-order chi connectivity index (χ1) is 16.2. The van der Waals surface area contributed by atoms with E-state index in [4.69, 9.17) is 0 Å². The van der Waals surface area contributed by atoms with Gasteiger partial charge in [0.25, 0.3) is 5.91 Å². The van der Waals surface area contributed by atoms with E-state index in [0.29, 0.717) is 50.1 Å². The molecular weight excluding hydrogens is 448 g/mol. The molecule has 2 amide bonds. The quantitative estimate of drug-likeness (QED) is 0.647.